The number of likely N-dealkylation sites (tertiary alicyclic amines) is 1. The van der Waals surface area contributed by atoms with E-state index in [2.05, 4.69) is 15.9 Å². The van der Waals surface area contributed by atoms with Crippen LogP contribution in [-0.2, 0) is 17.8 Å². The van der Waals surface area contributed by atoms with Crippen molar-refractivity contribution in [1.82, 2.24) is 4.90 Å². The molecule has 0 amide bonds. The lowest BCUT2D eigenvalue weighted by molar-refractivity contribution is -0.192. The van der Waals surface area contributed by atoms with Gasteiger partial charge in [0.05, 0.1) is 6.61 Å². The molecule has 1 aliphatic rings. The summed E-state index contributed by atoms with van der Waals surface area (Å²) in [6.45, 7) is 0.653. The van der Waals surface area contributed by atoms with Gasteiger partial charge in [0.2, 0.25) is 0 Å². The van der Waals surface area contributed by atoms with Gasteiger partial charge in [-0.1, -0.05) is 46.3 Å². The van der Waals surface area contributed by atoms with Crippen molar-refractivity contribution in [2.75, 3.05) is 19.8 Å². The molecule has 1 heterocycles. The molecule has 0 aromatic heterocycles. The Balaban J connectivity index is 1.71. The van der Waals surface area contributed by atoms with E-state index in [1.807, 2.05) is 35.2 Å². The van der Waals surface area contributed by atoms with Crippen molar-refractivity contribution in [1.29, 1.82) is 0 Å². The maximum Gasteiger partial charge on any atom is 0.150 e. The molecule has 146 valence electrons. The van der Waals surface area contributed by atoms with Crippen LogP contribution in [0.4, 0.5) is 13.2 Å². The van der Waals surface area contributed by atoms with Crippen LogP contribution in [-0.4, -0.2) is 30.4 Å². The number of rotatable bonds is 7. The van der Waals surface area contributed by atoms with Crippen molar-refractivity contribution < 1.29 is 17.9 Å². The van der Waals surface area contributed by atoms with Gasteiger partial charge in [-0.15, -0.1) is 0 Å². The largest absolute Gasteiger partial charge is 0.353 e. The quantitative estimate of drug-likeness (QED) is 0.551. The maximum absolute atomic E-state index is 14.1. The van der Waals surface area contributed by atoms with Gasteiger partial charge in [-0.25, -0.2) is 13.2 Å². The van der Waals surface area contributed by atoms with Gasteiger partial charge in [-0.2, -0.15) is 0 Å². The van der Waals surface area contributed by atoms with Crippen LogP contribution in [0, 0.1) is 11.6 Å². The van der Waals surface area contributed by atoms with Crippen LogP contribution in [0.1, 0.15) is 30.4 Å². The number of ether oxygens (including phenoxy) is 1. The van der Waals surface area contributed by atoms with E-state index in [0.717, 1.165) is 18.4 Å². The highest BCUT2D eigenvalue weighted by atomic mass is 79.9. The molecule has 1 fully saturated rings. The van der Waals surface area contributed by atoms with Crippen LogP contribution >= 0.6 is 15.9 Å². The topological polar surface area (TPSA) is 12.5 Å². The van der Waals surface area contributed by atoms with Crippen LogP contribution in [0.25, 0.3) is 0 Å². The second kappa shape index (κ2) is 9.22. The first-order valence-electron chi connectivity index (χ1n) is 9.16. The Hall–Kier alpha value is -1.37. The highest BCUT2D eigenvalue weighted by Crippen LogP contribution is 2.32. The van der Waals surface area contributed by atoms with Crippen LogP contribution < -0.4 is 0 Å². The highest BCUT2D eigenvalue weighted by Gasteiger charge is 2.40. The van der Waals surface area contributed by atoms with Crippen molar-refractivity contribution in [3.63, 3.8) is 0 Å². The van der Waals surface area contributed by atoms with E-state index in [0.29, 0.717) is 30.6 Å². The molecular formula is C21H23BrF3NO. The van der Waals surface area contributed by atoms with Crippen LogP contribution in [0.2, 0.25) is 0 Å². The van der Waals surface area contributed by atoms with Gasteiger partial charge in [-0.3, -0.25) is 4.90 Å². The van der Waals surface area contributed by atoms with Gasteiger partial charge in [0.1, 0.15) is 18.3 Å². The molecule has 27 heavy (non-hydrogen) atoms. The van der Waals surface area contributed by atoms with Crippen LogP contribution in [0.5, 0.6) is 0 Å². The zero-order valence-electron chi connectivity index (χ0n) is 15.1. The number of nitrogens with zero attached hydrogens (tertiary/aromatic N) is 1. The molecule has 0 saturated carbocycles. The van der Waals surface area contributed by atoms with E-state index in [1.165, 1.54) is 12.1 Å². The second-order valence-electron chi connectivity index (χ2n) is 6.90. The summed E-state index contributed by atoms with van der Waals surface area (Å²) in [5.41, 5.74) is -0.0309. The van der Waals surface area contributed by atoms with Crippen LogP contribution in [0.3, 0.4) is 0 Å². The number of piperidine rings is 1. The summed E-state index contributed by atoms with van der Waals surface area (Å²) in [6, 6.07) is 12.1. The number of benzene rings is 2. The summed E-state index contributed by atoms with van der Waals surface area (Å²) in [5, 5.41) is 0. The van der Waals surface area contributed by atoms with Crippen molar-refractivity contribution in [3.05, 3.63) is 69.7 Å². The SMILES string of the molecule is FCC1(OCc2ccccc2)CCCCN1CCc1c(F)cc(Br)cc1F. The van der Waals surface area contributed by atoms with E-state index in [-0.39, 0.29) is 12.0 Å². The summed E-state index contributed by atoms with van der Waals surface area (Å²) in [6.07, 6.45) is 2.53. The molecule has 6 heteroatoms. The minimum absolute atomic E-state index is 0.0274. The van der Waals surface area contributed by atoms with E-state index in [9.17, 15) is 13.2 Å². The minimum Gasteiger partial charge on any atom is -0.353 e. The maximum atomic E-state index is 14.1. The van der Waals surface area contributed by atoms with Crippen molar-refractivity contribution in [2.45, 2.75) is 38.0 Å². The van der Waals surface area contributed by atoms with Gasteiger partial charge in [-0.05, 0) is 43.4 Å². The zero-order chi connectivity index (χ0) is 19.3. The Bertz CT molecular complexity index is 735. The van der Waals surface area contributed by atoms with E-state index < -0.39 is 24.0 Å². The molecule has 0 spiro atoms. The Labute approximate surface area is 166 Å². The highest BCUT2D eigenvalue weighted by molar-refractivity contribution is 9.10. The molecule has 0 bridgehead atoms. The Kier molecular flexibility index (Phi) is 6.95. The third-order valence-electron chi connectivity index (χ3n) is 5.12. The molecule has 2 aromatic carbocycles. The Morgan fingerprint density at radius 2 is 1.78 bits per heavy atom. The molecule has 1 aliphatic heterocycles. The molecular weight excluding hydrogens is 419 g/mol. The smallest absolute Gasteiger partial charge is 0.150 e. The summed E-state index contributed by atoms with van der Waals surface area (Å²) >= 11 is 3.09. The van der Waals surface area contributed by atoms with E-state index >= 15 is 0 Å². The van der Waals surface area contributed by atoms with Gasteiger partial charge in [0.25, 0.3) is 0 Å². The lowest BCUT2D eigenvalue weighted by Crippen LogP contribution is -2.56. The summed E-state index contributed by atoms with van der Waals surface area (Å²) in [4.78, 5) is 1.90. The average molecular weight is 442 g/mol. The molecule has 2 aromatic rings. The first kappa shape index (κ1) is 20.4. The molecule has 0 aliphatic carbocycles. The average Bonchev–Trinajstić information content (AvgIpc) is 2.67. The molecule has 1 unspecified atom stereocenters. The third kappa shape index (κ3) is 4.92. The minimum atomic E-state index is -1.03. The molecule has 0 radical (unpaired) electrons. The number of alkyl halides is 1. The first-order valence-corrected chi connectivity index (χ1v) is 9.96. The van der Waals surface area contributed by atoms with Crippen molar-refractivity contribution in [3.8, 4) is 0 Å². The number of hydrogen-bond donors (Lipinski definition) is 0. The van der Waals surface area contributed by atoms with Crippen LogP contribution in [0.15, 0.2) is 46.9 Å². The Morgan fingerprint density at radius 3 is 2.44 bits per heavy atom. The Morgan fingerprint density at radius 1 is 1.07 bits per heavy atom. The molecule has 2 nitrogen and oxygen atoms in total. The fourth-order valence-corrected chi connectivity index (χ4v) is 3.99. The van der Waals surface area contributed by atoms with Crippen molar-refractivity contribution >= 4 is 15.9 Å². The zero-order valence-corrected chi connectivity index (χ0v) is 16.7. The van der Waals surface area contributed by atoms with Gasteiger partial charge in [0.15, 0.2) is 5.72 Å². The fraction of sp³-hybridized carbons (Fsp3) is 0.429. The predicted molar refractivity (Wildman–Crippen MR) is 103 cm³/mol. The summed E-state index contributed by atoms with van der Waals surface area (Å²) in [5.74, 6) is -1.18. The standard InChI is InChI=1S/C21H23BrF3NO/c22-17-12-19(24)18(20(25)13-17)8-11-26-10-5-4-9-21(26,15-23)27-14-16-6-2-1-3-7-16/h1-3,6-7,12-13H,4-5,8-11,14-15H2. The van der Waals surface area contributed by atoms with E-state index in [4.69, 9.17) is 4.74 Å². The number of halogens is 4. The summed E-state index contributed by atoms with van der Waals surface area (Å²) < 4.78 is 48.7. The number of hydrogen-bond acceptors (Lipinski definition) is 2. The molecule has 3 rings (SSSR count). The lowest BCUT2D eigenvalue weighted by atomic mass is 9.97. The molecule has 0 N–H and O–H groups in total. The second-order valence-corrected chi connectivity index (χ2v) is 7.81. The molecule has 1 saturated heterocycles. The van der Waals surface area contributed by atoms with Gasteiger partial charge >= 0.3 is 0 Å². The monoisotopic (exact) mass is 441 g/mol. The van der Waals surface area contributed by atoms with Crippen molar-refractivity contribution in [2.24, 2.45) is 0 Å². The fourth-order valence-electron chi connectivity index (χ4n) is 3.58. The third-order valence-corrected chi connectivity index (χ3v) is 5.58. The van der Waals surface area contributed by atoms with Gasteiger partial charge in [0, 0.05) is 23.1 Å². The van der Waals surface area contributed by atoms with E-state index in [1.54, 1.807) is 0 Å². The van der Waals surface area contributed by atoms with Gasteiger partial charge < -0.3 is 4.74 Å². The lowest BCUT2D eigenvalue weighted by Gasteiger charge is -2.45. The normalized spacial score (nSPS) is 20.7. The summed E-state index contributed by atoms with van der Waals surface area (Å²) in [7, 11) is 0. The molecule has 1 atom stereocenters. The predicted octanol–water partition coefficient (Wildman–Crippen LogP) is 5.64. The first-order chi connectivity index (χ1) is 13.0.